The molecular formula is C25H30N4OS. The van der Waals surface area contributed by atoms with Crippen molar-refractivity contribution in [3.63, 3.8) is 0 Å². The van der Waals surface area contributed by atoms with Gasteiger partial charge in [-0.15, -0.1) is 11.3 Å². The summed E-state index contributed by atoms with van der Waals surface area (Å²) in [6.45, 7) is 6.66. The van der Waals surface area contributed by atoms with Gasteiger partial charge in [0.15, 0.2) is 5.78 Å². The molecular weight excluding hydrogens is 404 g/mol. The van der Waals surface area contributed by atoms with E-state index in [1.54, 1.807) is 23.7 Å². The van der Waals surface area contributed by atoms with Gasteiger partial charge in [-0.05, 0) is 72.0 Å². The van der Waals surface area contributed by atoms with Gasteiger partial charge >= 0.3 is 0 Å². The summed E-state index contributed by atoms with van der Waals surface area (Å²) in [6.07, 6.45) is 6.73. The number of hydrogen-bond donors (Lipinski definition) is 2. The molecule has 3 heterocycles. The Morgan fingerprint density at radius 1 is 1.19 bits per heavy atom. The Morgan fingerprint density at radius 3 is 2.58 bits per heavy atom. The van der Waals surface area contributed by atoms with E-state index in [9.17, 15) is 4.79 Å². The van der Waals surface area contributed by atoms with E-state index in [4.69, 9.17) is 5.73 Å². The molecule has 2 aromatic heterocycles. The first-order valence-electron chi connectivity index (χ1n) is 10.9. The van der Waals surface area contributed by atoms with Gasteiger partial charge in [0.05, 0.1) is 5.56 Å². The fourth-order valence-corrected chi connectivity index (χ4v) is 5.14. The zero-order chi connectivity index (χ0) is 21.8. The van der Waals surface area contributed by atoms with Crippen LogP contribution >= 0.6 is 11.3 Å². The lowest BCUT2D eigenvalue weighted by atomic mass is 9.68. The summed E-state index contributed by atoms with van der Waals surface area (Å²) in [5.74, 6) is 1.38. The Labute approximate surface area is 188 Å². The van der Waals surface area contributed by atoms with Crippen LogP contribution < -0.4 is 11.1 Å². The number of Topliss-reactive ketones (excluding diaryl/α,β-unsaturated/α-hetero) is 1. The topological polar surface area (TPSA) is 80.9 Å². The maximum atomic E-state index is 12.9. The highest BCUT2D eigenvalue weighted by Crippen LogP contribution is 2.39. The van der Waals surface area contributed by atoms with E-state index in [0.29, 0.717) is 17.2 Å². The van der Waals surface area contributed by atoms with E-state index in [-0.39, 0.29) is 17.6 Å². The molecule has 0 aliphatic carbocycles. The molecule has 1 saturated heterocycles. The summed E-state index contributed by atoms with van der Waals surface area (Å²) in [6, 6.07) is 9.98. The normalized spacial score (nSPS) is 15.8. The van der Waals surface area contributed by atoms with E-state index in [2.05, 4.69) is 35.2 Å². The molecule has 1 fully saturated rings. The Bertz CT molecular complexity index is 1020. The minimum absolute atomic E-state index is 0.0120. The van der Waals surface area contributed by atoms with Crippen LogP contribution in [-0.2, 0) is 12.8 Å². The smallest absolute Gasteiger partial charge is 0.170 e. The third-order valence-corrected chi connectivity index (χ3v) is 7.58. The number of nitrogens with one attached hydrogen (secondary N) is 1. The number of ketones is 1. The average Bonchev–Trinajstić information content (AvgIpc) is 3.31. The van der Waals surface area contributed by atoms with Crippen molar-refractivity contribution in [2.75, 3.05) is 18.8 Å². The van der Waals surface area contributed by atoms with Gasteiger partial charge < -0.3 is 11.1 Å². The van der Waals surface area contributed by atoms with Crippen LogP contribution in [0, 0.1) is 11.3 Å². The van der Waals surface area contributed by atoms with Gasteiger partial charge in [0, 0.05) is 35.8 Å². The number of aromatic nitrogens is 2. The number of carbonyl (C=O) groups excluding carboxylic acids is 1. The monoisotopic (exact) mass is 434 g/mol. The van der Waals surface area contributed by atoms with Crippen LogP contribution in [0.5, 0.6) is 0 Å². The maximum absolute atomic E-state index is 12.9. The minimum Gasteiger partial charge on any atom is -0.398 e. The third kappa shape index (κ3) is 4.86. The summed E-state index contributed by atoms with van der Waals surface area (Å²) >= 11 is 1.67. The lowest BCUT2D eigenvalue weighted by Gasteiger charge is -2.41. The molecule has 1 aliphatic heterocycles. The Balaban J connectivity index is 1.47. The van der Waals surface area contributed by atoms with Gasteiger partial charge in [-0.25, -0.2) is 9.97 Å². The SMILES string of the molecule is CC(C)C1(Cc2ncc(C(=O)Cc3cc(-c4cccs4)ccc3N)cn2)CCNCC1. The minimum atomic E-state index is -0.0120. The highest BCUT2D eigenvalue weighted by Gasteiger charge is 2.36. The van der Waals surface area contributed by atoms with Gasteiger partial charge in [-0.2, -0.15) is 0 Å². The second kappa shape index (κ2) is 9.28. The van der Waals surface area contributed by atoms with Crippen molar-refractivity contribution in [3.8, 4) is 10.4 Å². The van der Waals surface area contributed by atoms with E-state index in [1.165, 1.54) is 4.88 Å². The van der Waals surface area contributed by atoms with E-state index in [1.807, 2.05) is 29.6 Å². The molecule has 3 aromatic rings. The number of nitrogens with two attached hydrogens (primary N) is 1. The van der Waals surface area contributed by atoms with Crippen LogP contribution in [0.15, 0.2) is 48.1 Å². The molecule has 0 saturated carbocycles. The molecule has 1 aliphatic rings. The number of benzene rings is 1. The number of piperidine rings is 1. The summed E-state index contributed by atoms with van der Waals surface area (Å²) in [4.78, 5) is 23.2. The molecule has 3 N–H and O–H groups in total. The van der Waals surface area contributed by atoms with Gasteiger partial charge in [-0.3, -0.25) is 4.79 Å². The predicted octanol–water partition coefficient (Wildman–Crippen LogP) is 4.78. The van der Waals surface area contributed by atoms with E-state index in [0.717, 1.165) is 49.3 Å². The lowest BCUT2D eigenvalue weighted by molar-refractivity contribution is 0.0992. The molecule has 0 spiro atoms. The lowest BCUT2D eigenvalue weighted by Crippen LogP contribution is -2.41. The highest BCUT2D eigenvalue weighted by atomic mass is 32.1. The van der Waals surface area contributed by atoms with Crippen LogP contribution in [0.3, 0.4) is 0 Å². The molecule has 6 heteroatoms. The highest BCUT2D eigenvalue weighted by molar-refractivity contribution is 7.13. The number of nitrogens with zero attached hydrogens (tertiary/aromatic N) is 2. The number of hydrogen-bond acceptors (Lipinski definition) is 6. The number of nitrogen functional groups attached to an aromatic ring is 1. The van der Waals surface area contributed by atoms with Crippen molar-refractivity contribution in [1.29, 1.82) is 0 Å². The fourth-order valence-electron chi connectivity index (χ4n) is 4.42. The fraction of sp³-hybridized carbons (Fsp3) is 0.400. The number of carbonyl (C=O) groups is 1. The first kappa shape index (κ1) is 21.7. The molecule has 0 radical (unpaired) electrons. The van der Waals surface area contributed by atoms with Gasteiger partial charge in [-0.1, -0.05) is 26.0 Å². The Kier molecular flexibility index (Phi) is 6.49. The van der Waals surface area contributed by atoms with Crippen LogP contribution in [0.4, 0.5) is 5.69 Å². The van der Waals surface area contributed by atoms with Crippen LogP contribution in [-0.4, -0.2) is 28.8 Å². The maximum Gasteiger partial charge on any atom is 0.170 e. The van der Waals surface area contributed by atoms with Crippen molar-refractivity contribution in [1.82, 2.24) is 15.3 Å². The molecule has 5 nitrogen and oxygen atoms in total. The van der Waals surface area contributed by atoms with Crippen molar-refractivity contribution >= 4 is 22.8 Å². The zero-order valence-corrected chi connectivity index (χ0v) is 19.0. The molecule has 4 rings (SSSR count). The third-order valence-electron chi connectivity index (χ3n) is 6.66. The van der Waals surface area contributed by atoms with Gasteiger partial charge in [0.25, 0.3) is 0 Å². The summed E-state index contributed by atoms with van der Waals surface area (Å²) in [7, 11) is 0. The van der Waals surface area contributed by atoms with Crippen LogP contribution in [0.2, 0.25) is 0 Å². The number of thiophene rings is 1. The Hall–Kier alpha value is -2.57. The van der Waals surface area contributed by atoms with Gasteiger partial charge in [0.2, 0.25) is 0 Å². The first-order chi connectivity index (χ1) is 15.0. The average molecular weight is 435 g/mol. The zero-order valence-electron chi connectivity index (χ0n) is 18.2. The van der Waals surface area contributed by atoms with E-state index < -0.39 is 0 Å². The van der Waals surface area contributed by atoms with Gasteiger partial charge in [0.1, 0.15) is 5.82 Å². The quantitative estimate of drug-likeness (QED) is 0.413. The second-order valence-electron chi connectivity index (χ2n) is 8.82. The summed E-state index contributed by atoms with van der Waals surface area (Å²) in [5.41, 5.74) is 9.48. The second-order valence-corrected chi connectivity index (χ2v) is 9.77. The number of anilines is 1. The largest absolute Gasteiger partial charge is 0.398 e. The van der Waals surface area contributed by atoms with Crippen LogP contribution in [0.1, 0.15) is 48.4 Å². The molecule has 1 aromatic carbocycles. The van der Waals surface area contributed by atoms with Crippen LogP contribution in [0.25, 0.3) is 10.4 Å². The van der Waals surface area contributed by atoms with Crippen molar-refractivity contribution in [2.45, 2.75) is 39.5 Å². The molecule has 0 amide bonds. The molecule has 31 heavy (non-hydrogen) atoms. The van der Waals surface area contributed by atoms with Crippen molar-refractivity contribution < 1.29 is 4.79 Å². The molecule has 0 bridgehead atoms. The Morgan fingerprint density at radius 2 is 1.94 bits per heavy atom. The van der Waals surface area contributed by atoms with Crippen molar-refractivity contribution in [3.05, 3.63) is 65.1 Å². The predicted molar refractivity (Wildman–Crippen MR) is 127 cm³/mol. The first-order valence-corrected chi connectivity index (χ1v) is 11.8. The van der Waals surface area contributed by atoms with E-state index >= 15 is 0 Å². The van der Waals surface area contributed by atoms with Crippen molar-refractivity contribution in [2.24, 2.45) is 11.3 Å². The summed E-state index contributed by atoms with van der Waals surface area (Å²) < 4.78 is 0. The summed E-state index contributed by atoms with van der Waals surface area (Å²) in [5, 5.41) is 5.49. The molecule has 0 atom stereocenters. The standard InChI is InChI=1S/C25H30N4OS/c1-17(2)25(7-9-27-10-8-25)14-24-28-15-20(16-29-24)22(30)13-19-12-18(5-6-21(19)26)23-4-3-11-31-23/h3-6,11-12,15-17,27H,7-10,13-14,26H2,1-2H3. The molecule has 0 unspecified atom stereocenters. The molecule has 162 valence electrons. The number of rotatable bonds is 7.